The Bertz CT molecular complexity index is 743. The van der Waals surface area contributed by atoms with Crippen LogP contribution in [0.4, 0.5) is 5.69 Å². The summed E-state index contributed by atoms with van der Waals surface area (Å²) in [5.74, 6) is 1.38. The second kappa shape index (κ2) is 5.37. The maximum atomic E-state index is 12.3. The first-order chi connectivity index (χ1) is 12.1. The number of carbonyl (C=O) groups is 1. The number of benzene rings is 1. The number of aromatic hydroxyl groups is 1. The molecule has 2 aliphatic carbocycles. The van der Waals surface area contributed by atoms with Crippen LogP contribution in [-0.4, -0.2) is 36.8 Å². The number of nitrogens with zero attached hydrogens (tertiary/aromatic N) is 1. The lowest BCUT2D eigenvalue weighted by atomic mass is 9.52. The predicted molar refractivity (Wildman–Crippen MR) is 95.4 cm³/mol. The van der Waals surface area contributed by atoms with Gasteiger partial charge in [0.1, 0.15) is 6.61 Å². The number of hydrogen-bond donors (Lipinski definition) is 2. The maximum absolute atomic E-state index is 12.3. The number of carbonyl (C=O) groups excluding carboxylic acids is 1. The van der Waals surface area contributed by atoms with Crippen molar-refractivity contribution >= 4 is 11.6 Å². The molecule has 0 spiro atoms. The molecule has 1 amide bonds. The van der Waals surface area contributed by atoms with Gasteiger partial charge in [0.25, 0.3) is 0 Å². The molecule has 134 valence electrons. The van der Waals surface area contributed by atoms with Gasteiger partial charge in [0, 0.05) is 18.4 Å². The molecule has 5 nitrogen and oxygen atoms in total. The Morgan fingerprint density at radius 1 is 1.40 bits per heavy atom. The summed E-state index contributed by atoms with van der Waals surface area (Å²) in [6.45, 7) is 3.65. The summed E-state index contributed by atoms with van der Waals surface area (Å²) in [6.07, 6.45) is 7.08. The van der Waals surface area contributed by atoms with Crippen molar-refractivity contribution in [1.82, 2.24) is 5.32 Å². The Morgan fingerprint density at radius 3 is 3.12 bits per heavy atom. The summed E-state index contributed by atoms with van der Waals surface area (Å²) in [4.78, 5) is 14.1. The van der Waals surface area contributed by atoms with E-state index in [1.165, 1.54) is 36.8 Å². The van der Waals surface area contributed by atoms with Crippen molar-refractivity contribution < 1.29 is 14.6 Å². The van der Waals surface area contributed by atoms with Gasteiger partial charge in [-0.1, -0.05) is 12.8 Å². The Hall–Kier alpha value is -1.75. The van der Waals surface area contributed by atoms with Crippen LogP contribution >= 0.6 is 0 Å². The highest BCUT2D eigenvalue weighted by Crippen LogP contribution is 2.58. The summed E-state index contributed by atoms with van der Waals surface area (Å²) in [5.41, 5.74) is 3.53. The fourth-order valence-corrected chi connectivity index (χ4v) is 6.11. The molecule has 0 aromatic heterocycles. The van der Waals surface area contributed by atoms with E-state index in [1.807, 2.05) is 11.0 Å². The minimum atomic E-state index is 0.0266. The predicted octanol–water partition coefficient (Wildman–Crippen LogP) is 2.48. The standard InChI is InChI=1S/C20H26N2O3/c1-12(23)22-8-9-25-19-17(24)11-15-13(18(19)22)10-16-14-4-2-3-5-20(14,15)6-7-21-16/h11,14,16,21,24H,2-10H2,1H3/t14?,16-,20-/m0/s1. The lowest BCUT2D eigenvalue weighted by molar-refractivity contribution is -0.116. The molecule has 1 aromatic carbocycles. The minimum Gasteiger partial charge on any atom is -0.504 e. The van der Waals surface area contributed by atoms with Gasteiger partial charge in [0.2, 0.25) is 5.91 Å². The largest absolute Gasteiger partial charge is 0.504 e. The van der Waals surface area contributed by atoms with Gasteiger partial charge in [-0.25, -0.2) is 0 Å². The van der Waals surface area contributed by atoms with Crippen LogP contribution in [0.25, 0.3) is 0 Å². The van der Waals surface area contributed by atoms with E-state index < -0.39 is 0 Å². The molecule has 1 unspecified atom stereocenters. The molecule has 3 atom stereocenters. The van der Waals surface area contributed by atoms with Crippen LogP contribution < -0.4 is 15.0 Å². The van der Waals surface area contributed by atoms with Crippen molar-refractivity contribution in [1.29, 1.82) is 0 Å². The molecule has 2 N–H and O–H groups in total. The van der Waals surface area contributed by atoms with Crippen LogP contribution in [0.3, 0.4) is 0 Å². The number of nitrogens with one attached hydrogen (secondary N) is 1. The molecule has 1 saturated heterocycles. The summed E-state index contributed by atoms with van der Waals surface area (Å²) in [5, 5.41) is 14.5. The van der Waals surface area contributed by atoms with Crippen molar-refractivity contribution in [2.45, 2.75) is 56.9 Å². The number of phenolic OH excluding ortho intramolecular Hbond substituents is 1. The number of hydrogen-bond acceptors (Lipinski definition) is 4. The molecular formula is C20H26N2O3. The second-order valence-electron chi connectivity index (χ2n) is 8.14. The number of piperidine rings is 1. The minimum absolute atomic E-state index is 0.0266. The SMILES string of the molecule is CC(=O)N1CCOc2c(O)cc3c(c21)C[C@@H]1NCC[C@]32CCCCC12. The fraction of sp³-hybridized carbons (Fsp3) is 0.650. The molecule has 1 aromatic rings. The lowest BCUT2D eigenvalue weighted by Crippen LogP contribution is -2.59. The molecule has 2 aliphatic heterocycles. The molecule has 2 fully saturated rings. The van der Waals surface area contributed by atoms with Crippen molar-refractivity contribution in [3.63, 3.8) is 0 Å². The molecule has 2 bridgehead atoms. The van der Waals surface area contributed by atoms with Crippen molar-refractivity contribution in [2.75, 3.05) is 24.6 Å². The van der Waals surface area contributed by atoms with Crippen LogP contribution in [0.2, 0.25) is 0 Å². The molecular weight excluding hydrogens is 316 g/mol. The lowest BCUT2D eigenvalue weighted by Gasteiger charge is -2.56. The quantitative estimate of drug-likeness (QED) is 0.760. The zero-order chi connectivity index (χ0) is 17.2. The summed E-state index contributed by atoms with van der Waals surface area (Å²) in [7, 11) is 0. The Kier molecular flexibility index (Phi) is 3.33. The topological polar surface area (TPSA) is 61.8 Å². The fourth-order valence-electron chi connectivity index (χ4n) is 6.11. The van der Waals surface area contributed by atoms with Gasteiger partial charge in [0.15, 0.2) is 11.5 Å². The first-order valence-corrected chi connectivity index (χ1v) is 9.65. The first kappa shape index (κ1) is 15.5. The highest BCUT2D eigenvalue weighted by Gasteiger charge is 2.53. The van der Waals surface area contributed by atoms with Gasteiger partial charge in [0.05, 0.1) is 12.2 Å². The van der Waals surface area contributed by atoms with E-state index in [1.54, 1.807) is 6.92 Å². The Balaban J connectivity index is 1.76. The average molecular weight is 342 g/mol. The molecule has 5 heteroatoms. The van der Waals surface area contributed by atoms with Crippen molar-refractivity contribution in [3.05, 3.63) is 17.2 Å². The summed E-state index contributed by atoms with van der Waals surface area (Å²) in [6, 6.07) is 2.45. The second-order valence-corrected chi connectivity index (χ2v) is 8.14. The van der Waals surface area contributed by atoms with Crippen LogP contribution in [0.1, 0.15) is 50.2 Å². The van der Waals surface area contributed by atoms with Crippen LogP contribution in [0, 0.1) is 5.92 Å². The van der Waals surface area contributed by atoms with Crippen molar-refractivity contribution in [3.8, 4) is 11.5 Å². The molecule has 4 aliphatic rings. The third kappa shape index (κ3) is 2.02. The van der Waals surface area contributed by atoms with E-state index in [-0.39, 0.29) is 17.1 Å². The van der Waals surface area contributed by atoms with E-state index in [9.17, 15) is 9.90 Å². The van der Waals surface area contributed by atoms with Crippen LogP contribution in [0.5, 0.6) is 11.5 Å². The van der Waals surface area contributed by atoms with Gasteiger partial charge in [-0.2, -0.15) is 0 Å². The van der Waals surface area contributed by atoms with Gasteiger partial charge in [-0.05, 0) is 55.3 Å². The number of phenols is 1. The zero-order valence-electron chi connectivity index (χ0n) is 14.8. The number of ether oxygens (including phenoxy) is 1. The zero-order valence-corrected chi connectivity index (χ0v) is 14.8. The third-order valence-electron chi connectivity index (χ3n) is 7.07. The average Bonchev–Trinajstić information content (AvgIpc) is 2.62. The van der Waals surface area contributed by atoms with E-state index in [0.717, 1.165) is 25.1 Å². The van der Waals surface area contributed by atoms with E-state index in [2.05, 4.69) is 5.32 Å². The number of rotatable bonds is 0. The van der Waals surface area contributed by atoms with E-state index in [0.29, 0.717) is 30.9 Å². The van der Waals surface area contributed by atoms with Gasteiger partial charge < -0.3 is 20.1 Å². The van der Waals surface area contributed by atoms with Crippen molar-refractivity contribution in [2.24, 2.45) is 5.92 Å². The molecule has 1 saturated carbocycles. The highest BCUT2D eigenvalue weighted by atomic mass is 16.5. The normalized spacial score (nSPS) is 32.9. The first-order valence-electron chi connectivity index (χ1n) is 9.65. The third-order valence-corrected chi connectivity index (χ3v) is 7.07. The summed E-state index contributed by atoms with van der Waals surface area (Å²) < 4.78 is 5.79. The van der Waals surface area contributed by atoms with Gasteiger partial charge in [-0.3, -0.25) is 4.79 Å². The number of fused-ring (bicyclic) bond motifs is 3. The molecule has 2 heterocycles. The monoisotopic (exact) mass is 342 g/mol. The summed E-state index contributed by atoms with van der Waals surface area (Å²) >= 11 is 0. The number of amides is 1. The maximum Gasteiger partial charge on any atom is 0.224 e. The molecule has 25 heavy (non-hydrogen) atoms. The van der Waals surface area contributed by atoms with Gasteiger partial charge >= 0.3 is 0 Å². The smallest absolute Gasteiger partial charge is 0.224 e. The van der Waals surface area contributed by atoms with E-state index in [4.69, 9.17) is 4.74 Å². The molecule has 0 radical (unpaired) electrons. The molecule has 5 rings (SSSR count). The van der Waals surface area contributed by atoms with Crippen LogP contribution in [0.15, 0.2) is 6.07 Å². The Morgan fingerprint density at radius 2 is 2.28 bits per heavy atom. The van der Waals surface area contributed by atoms with Gasteiger partial charge in [-0.15, -0.1) is 0 Å². The highest BCUT2D eigenvalue weighted by molar-refractivity contribution is 5.96. The van der Waals surface area contributed by atoms with E-state index >= 15 is 0 Å². The Labute approximate surface area is 148 Å². The van der Waals surface area contributed by atoms with Crippen LogP contribution in [-0.2, 0) is 16.6 Å². The number of anilines is 1.